The molecule has 0 spiro atoms. The Morgan fingerprint density at radius 3 is 2.12 bits per heavy atom. The van der Waals surface area contributed by atoms with Gasteiger partial charge in [0.25, 0.3) is 0 Å². The average Bonchev–Trinajstić information content (AvgIpc) is 2.69. The van der Waals surface area contributed by atoms with Crippen molar-refractivity contribution in [1.82, 2.24) is 20.2 Å². The van der Waals surface area contributed by atoms with Crippen LogP contribution in [0.4, 0.5) is 11.6 Å². The first-order chi connectivity index (χ1) is 12.3. The van der Waals surface area contributed by atoms with E-state index in [9.17, 15) is 0 Å². The Hall–Kier alpha value is -3.02. The minimum atomic E-state index is 0.902. The minimum absolute atomic E-state index is 0.902. The van der Waals surface area contributed by atoms with Crippen molar-refractivity contribution in [3.8, 4) is 11.3 Å². The first-order valence-corrected chi connectivity index (χ1v) is 8.47. The van der Waals surface area contributed by atoms with E-state index in [4.69, 9.17) is 0 Å². The van der Waals surface area contributed by atoms with Crippen LogP contribution in [0.25, 0.3) is 11.3 Å². The number of piperazine rings is 1. The van der Waals surface area contributed by atoms with Crippen molar-refractivity contribution in [1.29, 1.82) is 0 Å². The van der Waals surface area contributed by atoms with E-state index in [1.54, 1.807) is 6.33 Å². The van der Waals surface area contributed by atoms with Crippen molar-refractivity contribution < 1.29 is 0 Å². The first kappa shape index (κ1) is 15.5. The molecule has 25 heavy (non-hydrogen) atoms. The lowest BCUT2D eigenvalue weighted by atomic mass is 10.1. The van der Waals surface area contributed by atoms with E-state index in [2.05, 4.69) is 36.0 Å². The summed E-state index contributed by atoms with van der Waals surface area (Å²) in [5.41, 5.74) is 2.99. The number of aromatic nitrogens is 4. The van der Waals surface area contributed by atoms with Crippen LogP contribution in [0.2, 0.25) is 0 Å². The number of anilines is 2. The fraction of sp³-hybridized carbons (Fsp3) is 0.263. The zero-order valence-corrected chi connectivity index (χ0v) is 14.2. The molecule has 1 aliphatic heterocycles. The van der Waals surface area contributed by atoms with Crippen LogP contribution in [0, 0.1) is 6.92 Å². The van der Waals surface area contributed by atoms with Gasteiger partial charge in [0, 0.05) is 43.5 Å². The number of hydrogen-bond acceptors (Lipinski definition) is 6. The maximum absolute atomic E-state index is 4.42. The summed E-state index contributed by atoms with van der Waals surface area (Å²) in [5.74, 6) is 1.93. The molecule has 3 aromatic rings. The standard InChI is InChI=1S/C19H20N6/c1-15-13-19(21-14-20-15)25-11-9-24(10-12-25)18-8-7-17(22-23-18)16-5-3-2-4-6-16/h2-8,13-14H,9-12H2,1H3. The van der Waals surface area contributed by atoms with Gasteiger partial charge in [0.1, 0.15) is 12.1 Å². The van der Waals surface area contributed by atoms with Crippen molar-refractivity contribution in [3.63, 3.8) is 0 Å². The number of aryl methyl sites for hydroxylation is 1. The van der Waals surface area contributed by atoms with E-state index in [0.29, 0.717) is 0 Å². The second-order valence-electron chi connectivity index (χ2n) is 6.13. The second kappa shape index (κ2) is 6.84. The molecule has 2 aromatic heterocycles. The molecule has 4 rings (SSSR count). The SMILES string of the molecule is Cc1cc(N2CCN(c3ccc(-c4ccccc4)nn3)CC2)ncn1. The quantitative estimate of drug-likeness (QED) is 0.735. The van der Waals surface area contributed by atoms with Crippen LogP contribution >= 0.6 is 0 Å². The molecule has 0 unspecified atom stereocenters. The summed E-state index contributed by atoms with van der Waals surface area (Å²) >= 11 is 0. The van der Waals surface area contributed by atoms with Crippen molar-refractivity contribution in [2.45, 2.75) is 6.92 Å². The highest BCUT2D eigenvalue weighted by atomic mass is 15.3. The second-order valence-corrected chi connectivity index (χ2v) is 6.13. The Kier molecular flexibility index (Phi) is 4.24. The summed E-state index contributed by atoms with van der Waals surface area (Å²) in [5, 5.41) is 8.81. The van der Waals surface area contributed by atoms with Crippen molar-refractivity contribution in [3.05, 3.63) is 60.6 Å². The van der Waals surface area contributed by atoms with Crippen LogP contribution in [0.3, 0.4) is 0 Å². The lowest BCUT2D eigenvalue weighted by Crippen LogP contribution is -2.47. The Morgan fingerprint density at radius 1 is 0.760 bits per heavy atom. The highest BCUT2D eigenvalue weighted by molar-refractivity contribution is 5.59. The molecule has 1 fully saturated rings. The third-order valence-electron chi connectivity index (χ3n) is 4.44. The zero-order valence-electron chi connectivity index (χ0n) is 14.2. The maximum Gasteiger partial charge on any atom is 0.151 e. The van der Waals surface area contributed by atoms with Gasteiger partial charge in [0.2, 0.25) is 0 Å². The van der Waals surface area contributed by atoms with Crippen LogP contribution in [0.5, 0.6) is 0 Å². The van der Waals surface area contributed by atoms with Gasteiger partial charge in [-0.3, -0.25) is 0 Å². The van der Waals surface area contributed by atoms with Gasteiger partial charge in [0.05, 0.1) is 5.69 Å². The van der Waals surface area contributed by atoms with Gasteiger partial charge in [-0.1, -0.05) is 30.3 Å². The van der Waals surface area contributed by atoms with Crippen LogP contribution in [-0.4, -0.2) is 46.3 Å². The van der Waals surface area contributed by atoms with E-state index in [-0.39, 0.29) is 0 Å². The van der Waals surface area contributed by atoms with Crippen molar-refractivity contribution in [2.75, 3.05) is 36.0 Å². The summed E-state index contributed by atoms with van der Waals surface area (Å²) < 4.78 is 0. The van der Waals surface area contributed by atoms with Crippen molar-refractivity contribution in [2.24, 2.45) is 0 Å². The lowest BCUT2D eigenvalue weighted by molar-refractivity contribution is 0.637. The van der Waals surface area contributed by atoms with E-state index >= 15 is 0 Å². The molecule has 0 amide bonds. The van der Waals surface area contributed by atoms with E-state index in [1.807, 2.05) is 49.4 Å². The van der Waals surface area contributed by atoms with Crippen LogP contribution < -0.4 is 9.80 Å². The van der Waals surface area contributed by atoms with E-state index in [0.717, 1.165) is 54.8 Å². The number of nitrogens with zero attached hydrogens (tertiary/aromatic N) is 6. The predicted octanol–water partition coefficient (Wildman–Crippen LogP) is 2.57. The smallest absolute Gasteiger partial charge is 0.151 e. The Bertz CT molecular complexity index is 826. The fourth-order valence-electron chi connectivity index (χ4n) is 3.03. The maximum atomic E-state index is 4.42. The molecular weight excluding hydrogens is 312 g/mol. The molecular formula is C19H20N6. The highest BCUT2D eigenvalue weighted by Crippen LogP contribution is 2.20. The number of hydrogen-bond donors (Lipinski definition) is 0. The van der Waals surface area contributed by atoms with Gasteiger partial charge in [-0.05, 0) is 19.1 Å². The molecule has 6 heteroatoms. The zero-order chi connectivity index (χ0) is 17.1. The molecule has 0 N–H and O–H groups in total. The molecule has 1 aliphatic rings. The molecule has 126 valence electrons. The summed E-state index contributed by atoms with van der Waals surface area (Å²) in [6, 6.07) is 16.3. The largest absolute Gasteiger partial charge is 0.353 e. The number of benzene rings is 1. The monoisotopic (exact) mass is 332 g/mol. The highest BCUT2D eigenvalue weighted by Gasteiger charge is 2.19. The molecule has 1 saturated heterocycles. The Morgan fingerprint density at radius 2 is 1.48 bits per heavy atom. The average molecular weight is 332 g/mol. The summed E-state index contributed by atoms with van der Waals surface area (Å²) in [4.78, 5) is 13.1. The molecule has 0 atom stereocenters. The van der Waals surface area contributed by atoms with Gasteiger partial charge >= 0.3 is 0 Å². The molecule has 0 bridgehead atoms. The van der Waals surface area contributed by atoms with Gasteiger partial charge < -0.3 is 9.80 Å². The van der Waals surface area contributed by atoms with Crippen molar-refractivity contribution >= 4 is 11.6 Å². The Balaban J connectivity index is 1.42. The third-order valence-corrected chi connectivity index (χ3v) is 4.44. The lowest BCUT2D eigenvalue weighted by Gasteiger charge is -2.35. The van der Waals surface area contributed by atoms with Gasteiger partial charge in [-0.25, -0.2) is 9.97 Å². The molecule has 0 aliphatic carbocycles. The van der Waals surface area contributed by atoms with Gasteiger partial charge in [-0.15, -0.1) is 10.2 Å². The van der Waals surface area contributed by atoms with Crippen LogP contribution in [0.15, 0.2) is 54.9 Å². The summed E-state index contributed by atoms with van der Waals surface area (Å²) in [6.07, 6.45) is 1.63. The van der Waals surface area contributed by atoms with Gasteiger partial charge in [-0.2, -0.15) is 0 Å². The van der Waals surface area contributed by atoms with E-state index < -0.39 is 0 Å². The number of rotatable bonds is 3. The molecule has 0 saturated carbocycles. The normalized spacial score (nSPS) is 14.6. The van der Waals surface area contributed by atoms with Crippen LogP contribution in [-0.2, 0) is 0 Å². The topological polar surface area (TPSA) is 58.0 Å². The minimum Gasteiger partial charge on any atom is -0.353 e. The first-order valence-electron chi connectivity index (χ1n) is 8.47. The molecule has 0 radical (unpaired) electrons. The molecule has 3 heterocycles. The van der Waals surface area contributed by atoms with E-state index in [1.165, 1.54) is 0 Å². The molecule has 1 aromatic carbocycles. The van der Waals surface area contributed by atoms with Crippen LogP contribution in [0.1, 0.15) is 5.69 Å². The Labute approximate surface area is 147 Å². The van der Waals surface area contributed by atoms with Gasteiger partial charge in [0.15, 0.2) is 5.82 Å². The predicted molar refractivity (Wildman–Crippen MR) is 98.7 cm³/mol. The summed E-state index contributed by atoms with van der Waals surface area (Å²) in [6.45, 7) is 5.63. The summed E-state index contributed by atoms with van der Waals surface area (Å²) in [7, 11) is 0. The molecule has 6 nitrogen and oxygen atoms in total. The fourth-order valence-corrected chi connectivity index (χ4v) is 3.03. The third kappa shape index (κ3) is 3.42.